The Labute approximate surface area is 143 Å². The molecule has 25 heavy (non-hydrogen) atoms. The number of nitrogens with one attached hydrogen (secondary N) is 2. The zero-order chi connectivity index (χ0) is 17.8. The van der Waals surface area contributed by atoms with Crippen molar-refractivity contribution in [1.82, 2.24) is 10.2 Å². The van der Waals surface area contributed by atoms with Crippen LogP contribution in [0.2, 0.25) is 0 Å². The average molecular weight is 334 g/mol. The summed E-state index contributed by atoms with van der Waals surface area (Å²) >= 11 is 0. The fraction of sp³-hybridized carbons (Fsp3) is 0.111. The molecule has 0 aliphatic heterocycles. The van der Waals surface area contributed by atoms with Crippen LogP contribution < -0.4 is 5.32 Å². The first-order valence-corrected chi connectivity index (χ1v) is 7.48. The van der Waals surface area contributed by atoms with E-state index < -0.39 is 11.9 Å². The van der Waals surface area contributed by atoms with Crippen LogP contribution in [0.4, 0.5) is 5.82 Å². The molecule has 7 nitrogen and oxygen atoms in total. The third-order valence-corrected chi connectivity index (χ3v) is 3.57. The Hall–Kier alpha value is -3.66. The molecule has 3 rings (SSSR count). The summed E-state index contributed by atoms with van der Waals surface area (Å²) < 4.78 is 4.65. The van der Waals surface area contributed by atoms with Crippen molar-refractivity contribution in [3.05, 3.63) is 48.0 Å². The monoisotopic (exact) mass is 334 g/mol. The van der Waals surface area contributed by atoms with Crippen molar-refractivity contribution < 1.29 is 14.3 Å². The van der Waals surface area contributed by atoms with E-state index in [1.807, 2.05) is 30.3 Å². The Kier molecular flexibility index (Phi) is 4.44. The van der Waals surface area contributed by atoms with Gasteiger partial charge in [0.15, 0.2) is 12.4 Å². The van der Waals surface area contributed by atoms with E-state index in [2.05, 4.69) is 26.3 Å². The summed E-state index contributed by atoms with van der Waals surface area (Å²) in [7, 11) is 0. The fourth-order valence-corrected chi connectivity index (χ4v) is 2.37. The second kappa shape index (κ2) is 6.84. The van der Waals surface area contributed by atoms with Crippen LogP contribution in [0.3, 0.4) is 0 Å². The van der Waals surface area contributed by atoms with Gasteiger partial charge in [-0.2, -0.15) is 10.4 Å². The molecule has 0 saturated heterocycles. The van der Waals surface area contributed by atoms with Crippen molar-refractivity contribution in [3.63, 3.8) is 0 Å². The number of H-pyrrole nitrogens is 1. The Balaban J connectivity index is 1.82. The highest BCUT2D eigenvalue weighted by atomic mass is 16.5. The number of ether oxygens (including phenoxy) is 1. The van der Waals surface area contributed by atoms with Crippen molar-refractivity contribution >= 4 is 28.6 Å². The number of anilines is 1. The van der Waals surface area contributed by atoms with Crippen molar-refractivity contribution in [3.8, 4) is 17.2 Å². The van der Waals surface area contributed by atoms with Crippen LogP contribution in [-0.4, -0.2) is 28.7 Å². The fourth-order valence-electron chi connectivity index (χ4n) is 2.37. The highest BCUT2D eigenvalue weighted by Gasteiger charge is 2.11. The van der Waals surface area contributed by atoms with E-state index in [9.17, 15) is 9.59 Å². The minimum Gasteiger partial charge on any atom is -0.456 e. The molecule has 0 fully saturated rings. The Morgan fingerprint density at radius 1 is 1.20 bits per heavy atom. The molecule has 0 aliphatic carbocycles. The van der Waals surface area contributed by atoms with Crippen LogP contribution in [0.5, 0.6) is 0 Å². The van der Waals surface area contributed by atoms with E-state index in [0.717, 1.165) is 22.0 Å². The number of aromatic amines is 1. The van der Waals surface area contributed by atoms with E-state index in [1.165, 1.54) is 6.92 Å². The summed E-state index contributed by atoms with van der Waals surface area (Å²) in [4.78, 5) is 22.5. The minimum atomic E-state index is -0.519. The number of benzene rings is 2. The first kappa shape index (κ1) is 16.2. The number of fused-ring (bicyclic) bond motifs is 1. The van der Waals surface area contributed by atoms with Crippen LogP contribution in [0.1, 0.15) is 12.5 Å². The average Bonchev–Trinajstić information content (AvgIpc) is 3.02. The zero-order valence-corrected chi connectivity index (χ0v) is 13.4. The van der Waals surface area contributed by atoms with Crippen LogP contribution in [-0.2, 0) is 14.3 Å². The molecule has 0 bridgehead atoms. The van der Waals surface area contributed by atoms with E-state index >= 15 is 0 Å². The van der Waals surface area contributed by atoms with E-state index in [1.54, 1.807) is 12.1 Å². The molecule has 3 aromatic rings. The number of carbonyl (C=O) groups excluding carboxylic acids is 2. The number of aromatic nitrogens is 2. The Morgan fingerprint density at radius 2 is 1.92 bits per heavy atom. The normalized spacial score (nSPS) is 10.2. The van der Waals surface area contributed by atoms with Crippen molar-refractivity contribution in [2.24, 2.45) is 0 Å². The van der Waals surface area contributed by atoms with Crippen LogP contribution in [0, 0.1) is 11.3 Å². The second-order valence-corrected chi connectivity index (χ2v) is 5.35. The molecule has 1 aromatic heterocycles. The number of nitriles is 1. The van der Waals surface area contributed by atoms with Gasteiger partial charge >= 0.3 is 5.97 Å². The summed E-state index contributed by atoms with van der Waals surface area (Å²) in [6, 6.07) is 15.0. The number of amides is 1. The lowest BCUT2D eigenvalue weighted by Crippen LogP contribution is -2.20. The molecular weight excluding hydrogens is 320 g/mol. The van der Waals surface area contributed by atoms with Gasteiger partial charge in [-0.05, 0) is 35.4 Å². The van der Waals surface area contributed by atoms with Gasteiger partial charge in [0.1, 0.15) is 0 Å². The predicted molar refractivity (Wildman–Crippen MR) is 91.5 cm³/mol. The number of hydrogen-bond donors (Lipinski definition) is 2. The molecule has 1 heterocycles. The summed E-state index contributed by atoms with van der Waals surface area (Å²) in [5.41, 5.74) is 3.28. The van der Waals surface area contributed by atoms with Crippen LogP contribution in [0.15, 0.2) is 42.5 Å². The number of hydrogen-bond acceptors (Lipinski definition) is 5. The first-order valence-electron chi connectivity index (χ1n) is 7.48. The molecule has 0 atom stereocenters. The Morgan fingerprint density at radius 3 is 2.60 bits per heavy atom. The highest BCUT2D eigenvalue weighted by molar-refractivity contribution is 6.01. The molecule has 0 aliphatic rings. The van der Waals surface area contributed by atoms with Gasteiger partial charge in [-0.15, -0.1) is 0 Å². The standard InChI is InChI=1S/C18H14N4O3/c1-11(23)25-10-17(24)20-18-15-7-6-14(8-16(15)21-22-18)13-4-2-12(9-19)3-5-13/h2-8H,10H2,1H3,(H2,20,21,22,24). The molecule has 0 unspecified atom stereocenters. The molecule has 0 saturated carbocycles. The molecule has 0 spiro atoms. The summed E-state index contributed by atoms with van der Waals surface area (Å²) in [6.07, 6.45) is 0. The van der Waals surface area contributed by atoms with Crippen LogP contribution in [0.25, 0.3) is 22.0 Å². The largest absolute Gasteiger partial charge is 0.456 e. The predicted octanol–water partition coefficient (Wildman–Crippen LogP) is 2.60. The number of rotatable bonds is 4. The topological polar surface area (TPSA) is 108 Å². The van der Waals surface area contributed by atoms with Gasteiger partial charge in [-0.3, -0.25) is 14.7 Å². The summed E-state index contributed by atoms with van der Waals surface area (Å²) in [5, 5.41) is 19.2. The van der Waals surface area contributed by atoms with Crippen molar-refractivity contribution in [2.75, 3.05) is 11.9 Å². The molecule has 7 heteroatoms. The Bertz CT molecular complexity index is 984. The third kappa shape index (κ3) is 3.64. The zero-order valence-electron chi connectivity index (χ0n) is 13.4. The molecule has 0 radical (unpaired) electrons. The van der Waals surface area contributed by atoms with Gasteiger partial charge in [0.25, 0.3) is 5.91 Å². The number of carbonyl (C=O) groups is 2. The maximum atomic E-state index is 11.7. The van der Waals surface area contributed by atoms with Crippen molar-refractivity contribution in [2.45, 2.75) is 6.92 Å². The molecule has 1 amide bonds. The third-order valence-electron chi connectivity index (χ3n) is 3.57. The van der Waals surface area contributed by atoms with Gasteiger partial charge < -0.3 is 10.1 Å². The highest BCUT2D eigenvalue weighted by Crippen LogP contribution is 2.27. The van der Waals surface area contributed by atoms with Gasteiger partial charge in [0, 0.05) is 12.3 Å². The molecule has 2 N–H and O–H groups in total. The lowest BCUT2D eigenvalue weighted by molar-refractivity contribution is -0.144. The van der Waals surface area contributed by atoms with Gasteiger partial charge in [-0.25, -0.2) is 0 Å². The van der Waals surface area contributed by atoms with E-state index in [0.29, 0.717) is 11.4 Å². The van der Waals surface area contributed by atoms with Crippen LogP contribution >= 0.6 is 0 Å². The lowest BCUT2D eigenvalue weighted by Gasteiger charge is -2.04. The maximum Gasteiger partial charge on any atom is 0.303 e. The van der Waals surface area contributed by atoms with Gasteiger partial charge in [0.05, 0.1) is 17.1 Å². The lowest BCUT2D eigenvalue weighted by atomic mass is 10.0. The smallest absolute Gasteiger partial charge is 0.303 e. The number of nitrogens with zero attached hydrogens (tertiary/aromatic N) is 2. The van der Waals surface area contributed by atoms with Gasteiger partial charge in [-0.1, -0.05) is 18.2 Å². The van der Waals surface area contributed by atoms with E-state index in [4.69, 9.17) is 5.26 Å². The summed E-state index contributed by atoms with van der Waals surface area (Å²) in [6.45, 7) is 0.884. The van der Waals surface area contributed by atoms with Gasteiger partial charge in [0.2, 0.25) is 0 Å². The molecule has 124 valence electrons. The second-order valence-electron chi connectivity index (χ2n) is 5.35. The summed E-state index contributed by atoms with van der Waals surface area (Å²) in [5.74, 6) is -0.604. The minimum absolute atomic E-state index is 0.354. The van der Waals surface area contributed by atoms with Crippen molar-refractivity contribution in [1.29, 1.82) is 5.26 Å². The van der Waals surface area contributed by atoms with E-state index in [-0.39, 0.29) is 6.61 Å². The maximum absolute atomic E-state index is 11.7. The molecular formula is C18H14N4O3. The SMILES string of the molecule is CC(=O)OCC(=O)Nc1n[nH]c2cc(-c3ccc(C#N)cc3)ccc12. The molecule has 2 aromatic carbocycles. The number of esters is 1. The first-order chi connectivity index (χ1) is 12.1. The quantitative estimate of drug-likeness (QED) is 0.713.